The average molecular weight is 542 g/mol. The molecule has 0 aliphatic rings. The quantitative estimate of drug-likeness (QED) is 0.0482. The fourth-order valence-corrected chi connectivity index (χ4v) is 5.42. The lowest BCUT2D eigenvalue weighted by Crippen LogP contribution is -1.92. The molecule has 1 unspecified atom stereocenters. The largest absolute Gasteiger partial charge is 0.697 e. The van der Waals surface area contributed by atoms with Gasteiger partial charge in [-0.1, -0.05) is 161 Å². The summed E-state index contributed by atoms with van der Waals surface area (Å²) in [6.07, 6.45) is 40.3. The second-order valence-electron chi connectivity index (χ2n) is 11.1. The van der Waals surface area contributed by atoms with Gasteiger partial charge in [0.25, 0.3) is 0 Å². The Kier molecular flexibility index (Phi) is 33.6. The van der Waals surface area contributed by atoms with E-state index in [0.29, 0.717) is 13.2 Å². The molecular formula is C33H66O3P+. The van der Waals surface area contributed by atoms with Crippen LogP contribution in [0.5, 0.6) is 0 Å². The number of hydrogen-bond donors (Lipinski definition) is 0. The van der Waals surface area contributed by atoms with Gasteiger partial charge in [-0.3, -0.25) is 0 Å². The van der Waals surface area contributed by atoms with Gasteiger partial charge < -0.3 is 0 Å². The predicted molar refractivity (Wildman–Crippen MR) is 165 cm³/mol. The van der Waals surface area contributed by atoms with Crippen LogP contribution in [-0.4, -0.2) is 13.2 Å². The first-order valence-corrected chi connectivity index (χ1v) is 17.8. The zero-order valence-corrected chi connectivity index (χ0v) is 26.2. The van der Waals surface area contributed by atoms with Gasteiger partial charge >= 0.3 is 8.25 Å². The molecule has 0 heterocycles. The van der Waals surface area contributed by atoms with Gasteiger partial charge in [-0.15, -0.1) is 9.05 Å². The lowest BCUT2D eigenvalue weighted by Gasteiger charge is -2.02. The molecule has 220 valence electrons. The minimum absolute atomic E-state index is 0.564. The van der Waals surface area contributed by atoms with Crippen LogP contribution in [0.1, 0.15) is 187 Å². The lowest BCUT2D eigenvalue weighted by molar-refractivity contribution is 0.218. The van der Waals surface area contributed by atoms with Crippen molar-refractivity contribution in [2.45, 2.75) is 187 Å². The Hall–Kier alpha value is -0.240. The first kappa shape index (κ1) is 36.8. The summed E-state index contributed by atoms with van der Waals surface area (Å²) >= 11 is 0. The molecule has 3 nitrogen and oxygen atoms in total. The lowest BCUT2D eigenvalue weighted by atomic mass is 10.0. The van der Waals surface area contributed by atoms with E-state index in [0.717, 1.165) is 19.3 Å². The van der Waals surface area contributed by atoms with Crippen LogP contribution in [-0.2, 0) is 13.6 Å². The normalized spacial score (nSPS) is 12.1. The fourth-order valence-electron chi connectivity index (χ4n) is 4.78. The summed E-state index contributed by atoms with van der Waals surface area (Å²) in [4.78, 5) is 0. The zero-order valence-electron chi connectivity index (χ0n) is 25.3. The molecule has 0 spiro atoms. The van der Waals surface area contributed by atoms with Crippen molar-refractivity contribution in [2.75, 3.05) is 13.2 Å². The Bertz CT molecular complexity index is 466. The standard InChI is InChI=1S/C33H66O3P/c1-3-5-7-9-11-13-15-17-19-21-23-25-27-29-31-33-36-37(34)35-32-30-28-26-24-22-20-18-16-14-12-10-8-6-4-2/h15,17H,3-14,16,18-33H2,1-2H3/q+1/b17-15-. The average Bonchev–Trinajstić information content (AvgIpc) is 2.90. The van der Waals surface area contributed by atoms with Crippen LogP contribution in [0.2, 0.25) is 0 Å². The number of hydrogen-bond acceptors (Lipinski definition) is 3. The third-order valence-electron chi connectivity index (χ3n) is 7.30. The van der Waals surface area contributed by atoms with Gasteiger partial charge in [0.1, 0.15) is 13.2 Å². The molecule has 0 N–H and O–H groups in total. The first-order valence-electron chi connectivity index (χ1n) is 16.7. The zero-order chi connectivity index (χ0) is 26.9. The maximum atomic E-state index is 11.8. The second kappa shape index (κ2) is 33.8. The molecule has 0 aromatic heterocycles. The molecule has 0 fully saturated rings. The van der Waals surface area contributed by atoms with Crippen molar-refractivity contribution in [2.24, 2.45) is 0 Å². The Balaban J connectivity index is 3.18. The molecular weight excluding hydrogens is 475 g/mol. The van der Waals surface area contributed by atoms with E-state index < -0.39 is 8.25 Å². The summed E-state index contributed by atoms with van der Waals surface area (Å²) < 4.78 is 22.5. The summed E-state index contributed by atoms with van der Waals surface area (Å²) in [6, 6.07) is 0. The van der Waals surface area contributed by atoms with Gasteiger partial charge in [-0.25, -0.2) is 0 Å². The molecule has 0 bridgehead atoms. The molecule has 0 aliphatic heterocycles. The molecule has 0 amide bonds. The van der Waals surface area contributed by atoms with Crippen LogP contribution in [0.3, 0.4) is 0 Å². The topological polar surface area (TPSA) is 35.5 Å². The highest BCUT2D eigenvalue weighted by molar-refractivity contribution is 7.33. The van der Waals surface area contributed by atoms with Crippen LogP contribution in [0.4, 0.5) is 0 Å². The Morgan fingerprint density at radius 3 is 1.00 bits per heavy atom. The van der Waals surface area contributed by atoms with Gasteiger partial charge in [-0.05, 0) is 38.5 Å². The summed E-state index contributed by atoms with van der Waals surface area (Å²) in [5, 5.41) is 0. The number of unbranched alkanes of at least 4 members (excludes halogenated alkanes) is 24. The Morgan fingerprint density at radius 1 is 0.405 bits per heavy atom. The van der Waals surface area contributed by atoms with Crippen molar-refractivity contribution in [3.8, 4) is 0 Å². The molecule has 0 aromatic rings. The van der Waals surface area contributed by atoms with E-state index in [1.54, 1.807) is 0 Å². The van der Waals surface area contributed by atoms with Crippen LogP contribution in [0.25, 0.3) is 0 Å². The highest BCUT2D eigenvalue weighted by Gasteiger charge is 2.18. The molecule has 0 aromatic carbocycles. The summed E-state index contributed by atoms with van der Waals surface area (Å²) in [6.45, 7) is 5.69. The summed E-state index contributed by atoms with van der Waals surface area (Å²) in [5.41, 5.74) is 0. The van der Waals surface area contributed by atoms with Crippen molar-refractivity contribution in [1.82, 2.24) is 0 Å². The molecule has 4 heteroatoms. The third-order valence-corrected chi connectivity index (χ3v) is 8.08. The van der Waals surface area contributed by atoms with Gasteiger partial charge in [0.05, 0.1) is 0 Å². The molecule has 0 saturated carbocycles. The molecule has 0 radical (unpaired) electrons. The van der Waals surface area contributed by atoms with E-state index in [1.807, 2.05) is 0 Å². The van der Waals surface area contributed by atoms with E-state index in [4.69, 9.17) is 9.05 Å². The number of allylic oxidation sites excluding steroid dienone is 2. The Morgan fingerprint density at radius 2 is 0.676 bits per heavy atom. The van der Waals surface area contributed by atoms with E-state index in [2.05, 4.69) is 26.0 Å². The van der Waals surface area contributed by atoms with Gasteiger partial charge in [-0.2, -0.15) is 0 Å². The SMILES string of the molecule is CCCCCCC/C=C\CCCCCCCCO[P+](=O)OCCCCCCCCCCCCCCCC. The van der Waals surface area contributed by atoms with Crippen molar-refractivity contribution >= 4 is 8.25 Å². The molecule has 37 heavy (non-hydrogen) atoms. The van der Waals surface area contributed by atoms with E-state index in [9.17, 15) is 4.57 Å². The highest BCUT2D eigenvalue weighted by Crippen LogP contribution is 2.25. The van der Waals surface area contributed by atoms with Crippen LogP contribution in [0.15, 0.2) is 12.2 Å². The van der Waals surface area contributed by atoms with Gasteiger partial charge in [0.15, 0.2) is 0 Å². The van der Waals surface area contributed by atoms with E-state index >= 15 is 0 Å². The molecule has 0 rings (SSSR count). The van der Waals surface area contributed by atoms with Crippen molar-refractivity contribution in [3.63, 3.8) is 0 Å². The highest BCUT2D eigenvalue weighted by atomic mass is 31.1. The summed E-state index contributed by atoms with van der Waals surface area (Å²) in [5.74, 6) is 0. The van der Waals surface area contributed by atoms with Crippen molar-refractivity contribution in [3.05, 3.63) is 12.2 Å². The van der Waals surface area contributed by atoms with Crippen LogP contribution < -0.4 is 0 Å². The maximum Gasteiger partial charge on any atom is 0.697 e. The second-order valence-corrected chi connectivity index (χ2v) is 12.0. The van der Waals surface area contributed by atoms with Crippen molar-refractivity contribution in [1.29, 1.82) is 0 Å². The first-order chi connectivity index (χ1) is 18.3. The molecule has 1 atom stereocenters. The maximum absolute atomic E-state index is 11.8. The fraction of sp³-hybridized carbons (Fsp3) is 0.939. The monoisotopic (exact) mass is 541 g/mol. The minimum atomic E-state index is -1.92. The Labute approximate surface area is 234 Å². The molecule has 0 saturated heterocycles. The van der Waals surface area contributed by atoms with E-state index in [-0.39, 0.29) is 0 Å². The number of rotatable bonds is 32. The van der Waals surface area contributed by atoms with Crippen LogP contribution in [0, 0.1) is 0 Å². The third kappa shape index (κ3) is 33.7. The van der Waals surface area contributed by atoms with E-state index in [1.165, 1.54) is 154 Å². The van der Waals surface area contributed by atoms with Gasteiger partial charge in [0, 0.05) is 4.57 Å². The molecule has 0 aliphatic carbocycles. The predicted octanol–water partition coefficient (Wildman–Crippen LogP) is 12.8. The smallest absolute Gasteiger partial charge is 0.119 e. The van der Waals surface area contributed by atoms with Crippen molar-refractivity contribution < 1.29 is 13.6 Å². The van der Waals surface area contributed by atoms with Gasteiger partial charge in [0.2, 0.25) is 0 Å². The summed E-state index contributed by atoms with van der Waals surface area (Å²) in [7, 11) is -1.92. The minimum Gasteiger partial charge on any atom is -0.119 e. The van der Waals surface area contributed by atoms with Crippen LogP contribution >= 0.6 is 8.25 Å².